The summed E-state index contributed by atoms with van der Waals surface area (Å²) in [5.74, 6) is -1.38. The van der Waals surface area contributed by atoms with Crippen molar-refractivity contribution in [1.82, 2.24) is 9.55 Å². The van der Waals surface area contributed by atoms with Crippen molar-refractivity contribution in [1.29, 1.82) is 0 Å². The van der Waals surface area contributed by atoms with Gasteiger partial charge < -0.3 is 5.11 Å². The molecule has 8 heteroatoms. The number of aryl methyl sites for hydroxylation is 1. The molecule has 3 aromatic rings. The highest BCUT2D eigenvalue weighted by molar-refractivity contribution is 7.71. The van der Waals surface area contributed by atoms with Crippen molar-refractivity contribution in [2.24, 2.45) is 4.99 Å². The zero-order valence-electron chi connectivity index (χ0n) is 13.5. The minimum absolute atomic E-state index is 0.0572. The SMILES string of the molecule is Cc1ccc(F)cc1N=Cc1c(O)n(-c2ccc(F)cc2)c(=S)[nH]c1=O. The lowest BCUT2D eigenvalue weighted by Gasteiger charge is -2.11. The van der Waals surface area contributed by atoms with E-state index >= 15 is 0 Å². The molecule has 0 radical (unpaired) electrons. The van der Waals surface area contributed by atoms with Gasteiger partial charge in [0.1, 0.15) is 17.2 Å². The highest BCUT2D eigenvalue weighted by atomic mass is 32.1. The van der Waals surface area contributed by atoms with Gasteiger partial charge in [-0.15, -0.1) is 0 Å². The molecule has 0 saturated carbocycles. The van der Waals surface area contributed by atoms with E-state index in [4.69, 9.17) is 12.2 Å². The van der Waals surface area contributed by atoms with Crippen molar-refractivity contribution in [3.8, 4) is 11.6 Å². The number of nitrogens with one attached hydrogen (secondary N) is 1. The van der Waals surface area contributed by atoms with Gasteiger partial charge in [0.15, 0.2) is 4.77 Å². The van der Waals surface area contributed by atoms with Crippen LogP contribution in [0.1, 0.15) is 11.1 Å². The molecular formula is C18H13F2N3O2S. The van der Waals surface area contributed by atoms with Crippen molar-refractivity contribution >= 4 is 24.1 Å². The summed E-state index contributed by atoms with van der Waals surface area (Å²) in [6, 6.07) is 9.27. The Labute approximate surface area is 151 Å². The second kappa shape index (κ2) is 7.01. The maximum atomic E-state index is 13.4. The first-order chi connectivity index (χ1) is 12.4. The molecule has 26 heavy (non-hydrogen) atoms. The summed E-state index contributed by atoms with van der Waals surface area (Å²) in [6.07, 6.45) is 1.13. The molecule has 0 atom stereocenters. The van der Waals surface area contributed by atoms with Crippen molar-refractivity contribution in [3.05, 3.63) is 80.4 Å². The van der Waals surface area contributed by atoms with Crippen LogP contribution >= 0.6 is 12.2 Å². The fourth-order valence-electron chi connectivity index (χ4n) is 2.34. The summed E-state index contributed by atoms with van der Waals surface area (Å²) in [6.45, 7) is 1.74. The molecule has 0 saturated heterocycles. The van der Waals surface area contributed by atoms with E-state index < -0.39 is 23.1 Å². The minimum atomic E-state index is -0.649. The monoisotopic (exact) mass is 373 g/mol. The number of halogens is 2. The van der Waals surface area contributed by atoms with Crippen LogP contribution in [0.5, 0.6) is 5.88 Å². The predicted molar refractivity (Wildman–Crippen MR) is 97.2 cm³/mol. The largest absolute Gasteiger partial charge is 0.494 e. The Hall–Kier alpha value is -3.13. The molecule has 0 unspecified atom stereocenters. The number of aromatic hydroxyl groups is 1. The number of H-pyrrole nitrogens is 1. The van der Waals surface area contributed by atoms with Crippen molar-refractivity contribution < 1.29 is 13.9 Å². The standard InChI is InChI=1S/C18H13F2N3O2S/c1-10-2-3-12(20)8-15(10)21-9-14-16(24)22-18(26)23(17(14)25)13-6-4-11(19)5-7-13/h2-9,25H,1H3,(H,22,24,26). The first-order valence-corrected chi connectivity index (χ1v) is 7.92. The maximum absolute atomic E-state index is 13.4. The van der Waals surface area contributed by atoms with Crippen LogP contribution in [0.2, 0.25) is 0 Å². The maximum Gasteiger partial charge on any atom is 0.264 e. The fourth-order valence-corrected chi connectivity index (χ4v) is 2.62. The summed E-state index contributed by atoms with van der Waals surface area (Å²) in [5.41, 5.74) is 0.571. The molecule has 1 heterocycles. The Bertz CT molecular complexity index is 1120. The topological polar surface area (TPSA) is 70.4 Å². The average molecular weight is 373 g/mol. The van der Waals surface area contributed by atoms with Gasteiger partial charge in [-0.2, -0.15) is 0 Å². The van der Waals surface area contributed by atoms with Gasteiger partial charge in [-0.1, -0.05) is 6.07 Å². The van der Waals surface area contributed by atoms with Crippen LogP contribution in [0.4, 0.5) is 14.5 Å². The van der Waals surface area contributed by atoms with Gasteiger partial charge in [0.05, 0.1) is 11.4 Å². The minimum Gasteiger partial charge on any atom is -0.494 e. The van der Waals surface area contributed by atoms with Gasteiger partial charge in [0, 0.05) is 6.21 Å². The number of hydrogen-bond donors (Lipinski definition) is 2. The Morgan fingerprint density at radius 1 is 1.15 bits per heavy atom. The molecule has 0 aliphatic heterocycles. The quantitative estimate of drug-likeness (QED) is 0.540. The molecule has 0 spiro atoms. The third-order valence-electron chi connectivity index (χ3n) is 3.71. The van der Waals surface area contributed by atoms with Crippen LogP contribution in [0, 0.1) is 23.3 Å². The molecule has 1 aromatic heterocycles. The summed E-state index contributed by atoms with van der Waals surface area (Å²) in [5, 5.41) is 10.5. The molecule has 3 rings (SSSR count). The van der Waals surface area contributed by atoms with Crippen LogP contribution < -0.4 is 5.56 Å². The zero-order valence-corrected chi connectivity index (χ0v) is 14.3. The molecule has 2 aromatic carbocycles. The van der Waals surface area contributed by atoms with Gasteiger partial charge >= 0.3 is 0 Å². The molecule has 0 aliphatic rings. The van der Waals surface area contributed by atoms with Crippen LogP contribution in [0.15, 0.2) is 52.3 Å². The van der Waals surface area contributed by atoms with E-state index in [0.29, 0.717) is 16.9 Å². The second-order valence-corrected chi connectivity index (χ2v) is 5.88. The highest BCUT2D eigenvalue weighted by Crippen LogP contribution is 2.22. The third-order valence-corrected chi connectivity index (χ3v) is 3.99. The molecule has 0 amide bonds. The Morgan fingerprint density at radius 3 is 2.50 bits per heavy atom. The molecule has 5 nitrogen and oxygen atoms in total. The first kappa shape index (κ1) is 17.7. The van der Waals surface area contributed by atoms with E-state index in [-0.39, 0.29) is 10.3 Å². The second-order valence-electron chi connectivity index (χ2n) is 5.50. The fraction of sp³-hybridized carbons (Fsp3) is 0.0556. The Morgan fingerprint density at radius 2 is 1.81 bits per heavy atom. The van der Waals surface area contributed by atoms with E-state index in [1.165, 1.54) is 41.0 Å². The van der Waals surface area contributed by atoms with Crippen LogP contribution in [0.3, 0.4) is 0 Å². The average Bonchev–Trinajstić information content (AvgIpc) is 2.59. The summed E-state index contributed by atoms with van der Waals surface area (Å²) in [7, 11) is 0. The number of rotatable bonds is 3. The first-order valence-electron chi connectivity index (χ1n) is 7.51. The van der Waals surface area contributed by atoms with E-state index in [9.17, 15) is 18.7 Å². The zero-order chi connectivity index (χ0) is 18.8. The van der Waals surface area contributed by atoms with E-state index in [1.807, 2.05) is 0 Å². The molecular weight excluding hydrogens is 360 g/mol. The Balaban J connectivity index is 2.14. The summed E-state index contributed by atoms with van der Waals surface area (Å²) >= 11 is 5.08. The van der Waals surface area contributed by atoms with Gasteiger partial charge in [0.25, 0.3) is 5.56 Å². The van der Waals surface area contributed by atoms with Crippen molar-refractivity contribution in [3.63, 3.8) is 0 Å². The number of benzene rings is 2. The molecule has 0 fully saturated rings. The number of aromatic amines is 1. The van der Waals surface area contributed by atoms with Crippen LogP contribution in [0.25, 0.3) is 5.69 Å². The number of nitrogens with zero attached hydrogens (tertiary/aromatic N) is 2. The van der Waals surface area contributed by atoms with E-state index in [0.717, 1.165) is 6.21 Å². The normalized spacial score (nSPS) is 11.2. The number of aliphatic imine (C=N–C) groups is 1. The predicted octanol–water partition coefficient (Wildman–Crippen LogP) is 3.94. The van der Waals surface area contributed by atoms with E-state index in [1.54, 1.807) is 13.0 Å². The van der Waals surface area contributed by atoms with Gasteiger partial charge in [-0.3, -0.25) is 19.3 Å². The molecule has 0 bridgehead atoms. The lowest BCUT2D eigenvalue weighted by atomic mass is 10.2. The van der Waals surface area contributed by atoms with Crippen LogP contribution in [-0.2, 0) is 0 Å². The number of aromatic nitrogens is 2. The van der Waals surface area contributed by atoms with Crippen molar-refractivity contribution in [2.75, 3.05) is 0 Å². The molecule has 0 aliphatic carbocycles. The van der Waals surface area contributed by atoms with Gasteiger partial charge in [0.2, 0.25) is 5.88 Å². The smallest absolute Gasteiger partial charge is 0.264 e. The lowest BCUT2D eigenvalue weighted by Crippen LogP contribution is -2.18. The third kappa shape index (κ3) is 3.45. The number of hydrogen-bond acceptors (Lipinski definition) is 4. The molecule has 2 N–H and O–H groups in total. The lowest BCUT2D eigenvalue weighted by molar-refractivity contribution is 0.432. The van der Waals surface area contributed by atoms with Crippen LogP contribution in [-0.4, -0.2) is 20.9 Å². The Kier molecular flexibility index (Phi) is 4.77. The van der Waals surface area contributed by atoms with E-state index in [2.05, 4.69) is 9.98 Å². The molecule has 132 valence electrons. The van der Waals surface area contributed by atoms with Gasteiger partial charge in [-0.25, -0.2) is 8.78 Å². The van der Waals surface area contributed by atoms with Gasteiger partial charge in [-0.05, 0) is 61.1 Å². The summed E-state index contributed by atoms with van der Waals surface area (Å²) < 4.78 is 27.6. The van der Waals surface area contributed by atoms with Crippen molar-refractivity contribution in [2.45, 2.75) is 6.92 Å². The summed E-state index contributed by atoms with van der Waals surface area (Å²) in [4.78, 5) is 18.7. The highest BCUT2D eigenvalue weighted by Gasteiger charge is 2.13.